The molecule has 5 nitrogen and oxygen atoms in total. The first-order valence-electron chi connectivity index (χ1n) is 12.0. The molecule has 3 N–H and O–H groups in total. The van der Waals surface area contributed by atoms with Crippen LogP contribution in [-0.4, -0.2) is 36.5 Å². The number of carbonyl (C=O) groups is 1. The van der Waals surface area contributed by atoms with E-state index in [2.05, 4.69) is 22.3 Å². The van der Waals surface area contributed by atoms with Gasteiger partial charge in [0.05, 0.1) is 23.8 Å². The first kappa shape index (κ1) is 23.2. The van der Waals surface area contributed by atoms with Crippen molar-refractivity contribution in [1.82, 2.24) is 4.90 Å². The second-order valence-electron chi connectivity index (χ2n) is 9.73. The van der Waals surface area contributed by atoms with Gasteiger partial charge in [0.2, 0.25) is 5.91 Å². The molecule has 34 heavy (non-hydrogen) atoms. The minimum atomic E-state index is -4.40. The maximum absolute atomic E-state index is 13.5. The van der Waals surface area contributed by atoms with Gasteiger partial charge in [-0.25, -0.2) is 0 Å². The minimum absolute atomic E-state index is 0.0253. The fourth-order valence-corrected chi connectivity index (χ4v) is 5.75. The van der Waals surface area contributed by atoms with Gasteiger partial charge in [-0.3, -0.25) is 4.79 Å². The number of benzene rings is 2. The Hall–Kier alpha value is -2.58. The number of piperidine rings is 1. The van der Waals surface area contributed by atoms with E-state index >= 15 is 0 Å². The Morgan fingerprint density at radius 2 is 1.79 bits per heavy atom. The summed E-state index contributed by atoms with van der Waals surface area (Å²) in [5.41, 5.74) is 7.20. The predicted octanol–water partition coefficient (Wildman–Crippen LogP) is 4.91. The number of nitrogens with zero attached hydrogens (tertiary/aromatic N) is 1. The smallest absolute Gasteiger partial charge is 0.378 e. The predicted molar refractivity (Wildman–Crippen MR) is 123 cm³/mol. The van der Waals surface area contributed by atoms with Crippen LogP contribution in [0.2, 0.25) is 0 Å². The summed E-state index contributed by atoms with van der Waals surface area (Å²) in [6, 6.07) is 13.9. The van der Waals surface area contributed by atoms with Crippen molar-refractivity contribution in [2.45, 2.75) is 50.1 Å². The van der Waals surface area contributed by atoms with Crippen molar-refractivity contribution in [2.24, 2.45) is 17.6 Å². The Kier molecular flexibility index (Phi) is 6.29. The molecular formula is C26H30F3N3O2. The fraction of sp³-hybridized carbons (Fsp3) is 0.500. The number of carbonyl (C=O) groups excluding carboxylic acids is 1. The lowest BCUT2D eigenvalue weighted by Crippen LogP contribution is -2.46. The summed E-state index contributed by atoms with van der Waals surface area (Å²) >= 11 is 0. The lowest BCUT2D eigenvalue weighted by molar-refractivity contribution is -0.138. The summed E-state index contributed by atoms with van der Waals surface area (Å²) in [5, 5.41) is 3.50. The van der Waals surface area contributed by atoms with Gasteiger partial charge in [-0.2, -0.15) is 13.2 Å². The Balaban J connectivity index is 1.39. The number of alkyl halides is 3. The topological polar surface area (TPSA) is 67.6 Å². The second-order valence-corrected chi connectivity index (χ2v) is 9.73. The molecule has 3 aliphatic heterocycles. The molecule has 1 amide bonds. The molecule has 3 aliphatic rings. The number of likely N-dealkylation sites (tertiary alicyclic amines) is 1. The van der Waals surface area contributed by atoms with E-state index in [0.717, 1.165) is 50.4 Å². The van der Waals surface area contributed by atoms with E-state index in [0.29, 0.717) is 17.8 Å². The molecule has 2 fully saturated rings. The number of amides is 1. The number of nitrogens with two attached hydrogens (primary N) is 1. The maximum atomic E-state index is 13.5. The second kappa shape index (κ2) is 9.23. The molecule has 0 unspecified atom stereocenters. The van der Waals surface area contributed by atoms with Crippen molar-refractivity contribution in [3.8, 4) is 0 Å². The molecule has 2 aromatic carbocycles. The zero-order valence-electron chi connectivity index (χ0n) is 18.9. The summed E-state index contributed by atoms with van der Waals surface area (Å²) in [7, 11) is 0. The summed E-state index contributed by atoms with van der Waals surface area (Å²) in [6.07, 6.45) is -1.70. The number of hydrogen-bond acceptors (Lipinski definition) is 4. The van der Waals surface area contributed by atoms with E-state index in [-0.39, 0.29) is 29.9 Å². The van der Waals surface area contributed by atoms with Gasteiger partial charge in [0.1, 0.15) is 0 Å². The molecule has 0 spiro atoms. The summed E-state index contributed by atoms with van der Waals surface area (Å²) in [6.45, 7) is 2.28. The number of hydrogen-bond donors (Lipinski definition) is 2. The van der Waals surface area contributed by atoms with Crippen molar-refractivity contribution in [2.75, 3.05) is 25.0 Å². The van der Waals surface area contributed by atoms with Crippen molar-refractivity contribution < 1.29 is 22.7 Å². The Morgan fingerprint density at radius 1 is 1.06 bits per heavy atom. The van der Waals surface area contributed by atoms with Gasteiger partial charge in [0.15, 0.2) is 0 Å². The average Bonchev–Trinajstić information content (AvgIpc) is 2.83. The number of primary amides is 1. The maximum Gasteiger partial charge on any atom is 0.416 e. The van der Waals surface area contributed by atoms with E-state index in [1.54, 1.807) is 0 Å². The van der Waals surface area contributed by atoms with Gasteiger partial charge in [-0.15, -0.1) is 0 Å². The first-order valence-corrected chi connectivity index (χ1v) is 12.0. The number of rotatable bonds is 4. The molecule has 182 valence electrons. The molecule has 2 aromatic rings. The SMILES string of the molecule is NC(=O)C1CCN(C[C@H]2CC[C@@H]3[C@H](O2)c2cc(C(F)(F)F)ccc2N[C@H]3c2ccccc2)CC1. The van der Waals surface area contributed by atoms with E-state index < -0.39 is 17.8 Å². The summed E-state index contributed by atoms with van der Waals surface area (Å²) in [4.78, 5) is 13.7. The number of anilines is 1. The Labute approximate surface area is 197 Å². The van der Waals surface area contributed by atoms with Crippen LogP contribution < -0.4 is 11.1 Å². The molecule has 8 heteroatoms. The lowest BCUT2D eigenvalue weighted by atomic mass is 9.76. The average molecular weight is 474 g/mol. The van der Waals surface area contributed by atoms with Crippen LogP contribution in [0.4, 0.5) is 18.9 Å². The highest BCUT2D eigenvalue weighted by molar-refractivity contribution is 5.76. The highest BCUT2D eigenvalue weighted by Gasteiger charge is 2.44. The van der Waals surface area contributed by atoms with Crippen molar-refractivity contribution >= 4 is 11.6 Å². The third-order valence-corrected chi connectivity index (χ3v) is 7.58. The molecule has 0 saturated carbocycles. The zero-order valence-corrected chi connectivity index (χ0v) is 18.9. The molecule has 2 saturated heterocycles. The van der Waals surface area contributed by atoms with Crippen LogP contribution in [0.3, 0.4) is 0 Å². The van der Waals surface area contributed by atoms with Crippen molar-refractivity contribution in [3.05, 3.63) is 65.2 Å². The van der Waals surface area contributed by atoms with Crippen molar-refractivity contribution in [1.29, 1.82) is 0 Å². The fourth-order valence-electron chi connectivity index (χ4n) is 5.75. The molecule has 3 heterocycles. The van der Waals surface area contributed by atoms with Gasteiger partial charge < -0.3 is 20.7 Å². The van der Waals surface area contributed by atoms with Crippen LogP contribution in [0.1, 0.15) is 54.5 Å². The van der Waals surface area contributed by atoms with E-state index in [9.17, 15) is 18.0 Å². The van der Waals surface area contributed by atoms with Crippen LogP contribution in [0.25, 0.3) is 0 Å². The van der Waals surface area contributed by atoms with Gasteiger partial charge in [-0.1, -0.05) is 30.3 Å². The molecule has 4 atom stereocenters. The number of halogens is 3. The molecular weight excluding hydrogens is 443 g/mol. The molecule has 0 aromatic heterocycles. The third kappa shape index (κ3) is 4.66. The van der Waals surface area contributed by atoms with Crippen molar-refractivity contribution in [3.63, 3.8) is 0 Å². The summed E-state index contributed by atoms with van der Waals surface area (Å²) < 4.78 is 47.1. The number of nitrogens with one attached hydrogen (secondary N) is 1. The van der Waals surface area contributed by atoms with Crippen LogP contribution >= 0.6 is 0 Å². The van der Waals surface area contributed by atoms with Crippen LogP contribution in [-0.2, 0) is 15.7 Å². The molecule has 0 radical (unpaired) electrons. The van der Waals surface area contributed by atoms with Crippen LogP contribution in [0.15, 0.2) is 48.5 Å². The van der Waals surface area contributed by atoms with E-state index in [1.807, 2.05) is 18.2 Å². The van der Waals surface area contributed by atoms with E-state index in [1.165, 1.54) is 12.1 Å². The Morgan fingerprint density at radius 3 is 2.47 bits per heavy atom. The molecule has 5 rings (SSSR count). The minimum Gasteiger partial charge on any atom is -0.378 e. The zero-order chi connectivity index (χ0) is 23.9. The van der Waals surface area contributed by atoms with Gasteiger partial charge >= 0.3 is 6.18 Å². The largest absolute Gasteiger partial charge is 0.416 e. The van der Waals surface area contributed by atoms with Crippen LogP contribution in [0, 0.1) is 11.8 Å². The monoisotopic (exact) mass is 473 g/mol. The highest BCUT2D eigenvalue weighted by Crippen LogP contribution is 2.51. The Bertz CT molecular complexity index is 1020. The highest BCUT2D eigenvalue weighted by atomic mass is 19.4. The van der Waals surface area contributed by atoms with Crippen LogP contribution in [0.5, 0.6) is 0 Å². The standard InChI is InChI=1S/C26H30F3N3O2/c27-26(28,29)18-6-9-22-21(14-18)24-20(23(31-22)16-4-2-1-3-5-16)8-7-19(34-24)15-32-12-10-17(11-13-32)25(30)33/h1-6,9,14,17,19-20,23-24,31H,7-8,10-13,15H2,(H2,30,33)/t19-,20+,23+,24+/m1/s1. The van der Waals surface area contributed by atoms with Gasteiger partial charge in [0.25, 0.3) is 0 Å². The normalized spacial score (nSPS) is 28.0. The molecule has 0 bridgehead atoms. The number of ether oxygens (including phenoxy) is 1. The first-order chi connectivity index (χ1) is 16.3. The molecule has 0 aliphatic carbocycles. The summed E-state index contributed by atoms with van der Waals surface area (Å²) in [5.74, 6) is -0.276. The third-order valence-electron chi connectivity index (χ3n) is 7.58. The lowest BCUT2D eigenvalue weighted by Gasteiger charge is -2.46. The number of fused-ring (bicyclic) bond motifs is 3. The van der Waals surface area contributed by atoms with Gasteiger partial charge in [-0.05, 0) is 62.5 Å². The van der Waals surface area contributed by atoms with Gasteiger partial charge in [0, 0.05) is 29.6 Å². The van der Waals surface area contributed by atoms with E-state index in [4.69, 9.17) is 10.5 Å². The quantitative estimate of drug-likeness (QED) is 0.663.